The Labute approximate surface area is 178 Å². The first-order chi connectivity index (χ1) is 13.5. The van der Waals surface area contributed by atoms with E-state index in [0.717, 1.165) is 30.8 Å². The molecule has 0 unspecified atom stereocenters. The van der Waals surface area contributed by atoms with Crippen LogP contribution in [-0.4, -0.2) is 30.3 Å². The molecule has 2 spiro atoms. The lowest BCUT2D eigenvalue weighted by molar-refractivity contribution is -0.140. The average Bonchev–Trinajstić information content (AvgIpc) is 3.23. The maximum atomic E-state index is 12.5. The molecule has 0 radical (unpaired) electrons. The lowest BCUT2D eigenvalue weighted by atomic mass is 9.42. The van der Waals surface area contributed by atoms with Gasteiger partial charge in [0.2, 0.25) is 0 Å². The van der Waals surface area contributed by atoms with Crippen LogP contribution < -0.4 is 0 Å². The fourth-order valence-corrected chi connectivity index (χ4v) is 10.4. The van der Waals surface area contributed by atoms with Crippen LogP contribution in [0.1, 0.15) is 92.9 Å². The number of hydrogen-bond donors (Lipinski definition) is 0. The van der Waals surface area contributed by atoms with Gasteiger partial charge >= 0.3 is 0 Å². The largest absolute Gasteiger partial charge is 0.303 e. The minimum atomic E-state index is 0.112. The second-order valence-electron chi connectivity index (χ2n) is 12.7. The number of Topliss-reactive ketones (excluding diaryl/α,β-unsaturated/α-hetero) is 1. The number of allylic oxidation sites excluding steroid dienone is 2. The number of hydrogen-bond acceptors (Lipinski definition) is 2. The first-order valence-electron chi connectivity index (χ1n) is 12.4. The Balaban J connectivity index is 1.50. The highest BCUT2D eigenvalue weighted by molar-refractivity contribution is 5.95. The lowest BCUT2D eigenvalue weighted by Gasteiger charge is -2.63. The van der Waals surface area contributed by atoms with Crippen molar-refractivity contribution in [3.8, 4) is 0 Å². The van der Waals surface area contributed by atoms with Crippen molar-refractivity contribution in [3.63, 3.8) is 0 Å². The van der Waals surface area contributed by atoms with Crippen molar-refractivity contribution in [2.45, 2.75) is 99.0 Å². The summed E-state index contributed by atoms with van der Waals surface area (Å²) in [6.07, 6.45) is 13.2. The molecule has 5 aliphatic rings. The van der Waals surface area contributed by atoms with E-state index in [1.807, 2.05) is 0 Å². The van der Waals surface area contributed by atoms with E-state index < -0.39 is 0 Å². The van der Waals surface area contributed by atoms with E-state index in [-0.39, 0.29) is 5.41 Å². The van der Waals surface area contributed by atoms with Gasteiger partial charge in [0.05, 0.1) is 0 Å². The normalized spacial score (nSPS) is 52.1. The number of rotatable bonds is 3. The molecule has 162 valence electrons. The molecule has 29 heavy (non-hydrogen) atoms. The minimum absolute atomic E-state index is 0.112. The Kier molecular flexibility index (Phi) is 4.04. The van der Waals surface area contributed by atoms with Gasteiger partial charge in [-0.1, -0.05) is 40.7 Å². The van der Waals surface area contributed by atoms with Crippen LogP contribution in [0.2, 0.25) is 0 Å². The fourth-order valence-electron chi connectivity index (χ4n) is 10.4. The third-order valence-corrected chi connectivity index (χ3v) is 12.0. The van der Waals surface area contributed by atoms with Crippen molar-refractivity contribution in [1.82, 2.24) is 4.90 Å². The average molecular weight is 398 g/mol. The molecule has 7 atom stereocenters. The van der Waals surface area contributed by atoms with E-state index in [4.69, 9.17) is 0 Å². The van der Waals surface area contributed by atoms with E-state index in [1.165, 1.54) is 50.5 Å². The molecule has 2 nitrogen and oxygen atoms in total. The zero-order chi connectivity index (χ0) is 21.0. The van der Waals surface area contributed by atoms with Crippen LogP contribution in [0.4, 0.5) is 0 Å². The van der Waals surface area contributed by atoms with E-state index in [2.05, 4.69) is 52.6 Å². The molecule has 0 bridgehead atoms. The topological polar surface area (TPSA) is 20.3 Å². The molecule has 0 saturated heterocycles. The second kappa shape index (κ2) is 5.78. The van der Waals surface area contributed by atoms with Gasteiger partial charge in [-0.3, -0.25) is 4.79 Å². The molecule has 4 saturated carbocycles. The maximum Gasteiger partial charge on any atom is 0.156 e. The summed E-state index contributed by atoms with van der Waals surface area (Å²) in [6, 6.07) is 0.735. The third kappa shape index (κ3) is 2.11. The van der Waals surface area contributed by atoms with Gasteiger partial charge in [0.1, 0.15) is 0 Å². The van der Waals surface area contributed by atoms with Crippen molar-refractivity contribution in [1.29, 1.82) is 0 Å². The Morgan fingerprint density at radius 1 is 1.03 bits per heavy atom. The third-order valence-electron chi connectivity index (χ3n) is 12.0. The van der Waals surface area contributed by atoms with Gasteiger partial charge in [0.25, 0.3) is 0 Å². The van der Waals surface area contributed by atoms with Crippen LogP contribution >= 0.6 is 0 Å². The molecule has 5 aliphatic carbocycles. The zero-order valence-electron chi connectivity index (χ0n) is 20.0. The van der Waals surface area contributed by atoms with Crippen molar-refractivity contribution in [2.75, 3.05) is 13.6 Å². The summed E-state index contributed by atoms with van der Waals surface area (Å²) >= 11 is 0. The van der Waals surface area contributed by atoms with Crippen LogP contribution in [0, 0.1) is 38.9 Å². The predicted molar refractivity (Wildman–Crippen MR) is 120 cm³/mol. The Bertz CT molecular complexity index is 781. The van der Waals surface area contributed by atoms with Gasteiger partial charge < -0.3 is 4.90 Å². The number of carbonyl (C=O) groups is 1. The molecule has 4 fully saturated rings. The summed E-state index contributed by atoms with van der Waals surface area (Å²) in [5.74, 6) is 2.03. The standard InChI is InChI=1S/C27H43NO/c1-8-28(7)22-12-14-26-17-27(26)16-15-24(5)19(18(2)29)11-13-25(24,6)21(27)10-9-20(26)23(22,3)4/h11,20-22H,8-10,12-17H2,1-7H3/t20-,21-,22-,24+,25-,26+,27-/m0/s1. The molecular formula is C27H43NO. The zero-order valence-corrected chi connectivity index (χ0v) is 20.0. The SMILES string of the molecule is CCN(C)[C@H]1CC[C@]23C[C@]24CC[C@]2(C)C(C(C)=O)=CC[C@@]2(C)[C@@H]4CC[C@H]3C1(C)C. The monoisotopic (exact) mass is 397 g/mol. The quantitative estimate of drug-likeness (QED) is 0.560. The van der Waals surface area contributed by atoms with Crippen LogP contribution in [-0.2, 0) is 4.79 Å². The summed E-state index contributed by atoms with van der Waals surface area (Å²) in [6.45, 7) is 15.5. The number of fused-ring (bicyclic) bond motifs is 2. The van der Waals surface area contributed by atoms with Gasteiger partial charge in [-0.2, -0.15) is 0 Å². The molecule has 0 N–H and O–H groups in total. The molecule has 5 rings (SSSR count). The molecule has 0 heterocycles. The molecular weight excluding hydrogens is 354 g/mol. The summed E-state index contributed by atoms with van der Waals surface area (Å²) in [4.78, 5) is 15.1. The number of carbonyl (C=O) groups excluding carboxylic acids is 1. The highest BCUT2D eigenvalue weighted by Gasteiger charge is 2.81. The van der Waals surface area contributed by atoms with Crippen LogP contribution in [0.3, 0.4) is 0 Å². The van der Waals surface area contributed by atoms with Gasteiger partial charge in [0.15, 0.2) is 5.78 Å². The van der Waals surface area contributed by atoms with Gasteiger partial charge in [0, 0.05) is 11.5 Å². The maximum absolute atomic E-state index is 12.5. The van der Waals surface area contributed by atoms with Crippen molar-refractivity contribution in [2.24, 2.45) is 38.9 Å². The molecule has 0 aromatic rings. The van der Waals surface area contributed by atoms with Crippen molar-refractivity contribution >= 4 is 5.78 Å². The highest BCUT2D eigenvalue weighted by atomic mass is 16.1. The lowest BCUT2D eigenvalue weighted by Crippen LogP contribution is -2.59. The van der Waals surface area contributed by atoms with Crippen LogP contribution in [0.5, 0.6) is 0 Å². The van der Waals surface area contributed by atoms with Crippen LogP contribution in [0.25, 0.3) is 0 Å². The van der Waals surface area contributed by atoms with Gasteiger partial charge in [-0.05, 0) is 111 Å². The second-order valence-corrected chi connectivity index (χ2v) is 12.7. The predicted octanol–water partition coefficient (Wildman–Crippen LogP) is 6.25. The van der Waals surface area contributed by atoms with Crippen molar-refractivity contribution in [3.05, 3.63) is 11.6 Å². The number of ketones is 1. The molecule has 0 aromatic carbocycles. The van der Waals surface area contributed by atoms with Gasteiger partial charge in [-0.15, -0.1) is 0 Å². The summed E-state index contributed by atoms with van der Waals surface area (Å²) < 4.78 is 0. The van der Waals surface area contributed by atoms with E-state index >= 15 is 0 Å². The van der Waals surface area contributed by atoms with E-state index in [0.29, 0.717) is 27.4 Å². The molecule has 0 amide bonds. The first-order valence-corrected chi connectivity index (χ1v) is 12.4. The summed E-state index contributed by atoms with van der Waals surface area (Å²) in [7, 11) is 2.35. The molecule has 0 aliphatic heterocycles. The number of nitrogens with zero attached hydrogens (tertiary/aromatic N) is 1. The molecule has 0 aromatic heterocycles. The van der Waals surface area contributed by atoms with Gasteiger partial charge in [-0.25, -0.2) is 0 Å². The molecule has 2 heteroatoms. The van der Waals surface area contributed by atoms with E-state index in [1.54, 1.807) is 6.92 Å². The Morgan fingerprint density at radius 3 is 2.34 bits per heavy atom. The first kappa shape index (κ1) is 20.3. The van der Waals surface area contributed by atoms with Crippen LogP contribution in [0.15, 0.2) is 11.6 Å². The highest BCUT2D eigenvalue weighted by Crippen LogP contribution is 2.88. The Morgan fingerprint density at radius 2 is 1.69 bits per heavy atom. The van der Waals surface area contributed by atoms with E-state index in [9.17, 15) is 4.79 Å². The summed E-state index contributed by atoms with van der Waals surface area (Å²) in [5, 5.41) is 0. The Hall–Kier alpha value is -0.630. The fraction of sp³-hybridized carbons (Fsp3) is 0.889. The summed E-state index contributed by atoms with van der Waals surface area (Å²) in [5.41, 5.74) is 3.17. The smallest absolute Gasteiger partial charge is 0.156 e. The minimum Gasteiger partial charge on any atom is -0.303 e. The van der Waals surface area contributed by atoms with Crippen molar-refractivity contribution < 1.29 is 4.79 Å².